The van der Waals surface area contributed by atoms with Crippen molar-refractivity contribution in [3.05, 3.63) is 95.6 Å². The van der Waals surface area contributed by atoms with E-state index in [1.54, 1.807) is 32.0 Å². The Hall–Kier alpha value is -3.80. The topological polar surface area (TPSA) is 84.9 Å². The first-order valence-electron chi connectivity index (χ1n) is 10.9. The molecule has 0 aliphatic rings. The second-order valence-electron chi connectivity index (χ2n) is 8.09. The van der Waals surface area contributed by atoms with Crippen molar-refractivity contribution in [2.24, 2.45) is 5.92 Å². The smallest absolute Gasteiger partial charge is 0.326 e. The highest BCUT2D eigenvalue weighted by Crippen LogP contribution is 2.30. The van der Waals surface area contributed by atoms with Gasteiger partial charge < -0.3 is 19.9 Å². The van der Waals surface area contributed by atoms with Crippen LogP contribution < -0.4 is 14.8 Å². The van der Waals surface area contributed by atoms with Crippen molar-refractivity contribution in [2.45, 2.75) is 39.5 Å². The number of carbonyl (C=O) groups excluding carboxylic acids is 1. The molecule has 0 fully saturated rings. The molecule has 172 valence electrons. The van der Waals surface area contributed by atoms with Gasteiger partial charge in [0, 0.05) is 12.3 Å². The van der Waals surface area contributed by atoms with Gasteiger partial charge >= 0.3 is 5.97 Å². The van der Waals surface area contributed by atoms with Crippen LogP contribution in [0.2, 0.25) is 0 Å². The second-order valence-corrected chi connectivity index (χ2v) is 8.09. The minimum atomic E-state index is -1.08. The van der Waals surface area contributed by atoms with E-state index in [0.717, 1.165) is 16.7 Å². The molecule has 1 amide bonds. The fourth-order valence-corrected chi connectivity index (χ4v) is 3.16. The molecule has 3 aromatic rings. The Morgan fingerprint density at radius 2 is 1.33 bits per heavy atom. The van der Waals surface area contributed by atoms with Gasteiger partial charge in [-0.25, -0.2) is 4.79 Å². The molecule has 3 aromatic carbocycles. The number of aliphatic carboxylic acids is 1. The maximum absolute atomic E-state index is 12.0. The second kappa shape index (κ2) is 11.7. The average Bonchev–Trinajstić information content (AvgIpc) is 2.82. The standard InChI is InChI=1S/C27H29NO5/c1-19(2)26(29)28-23(27(30)31)15-22-13-14-24(32-17-20-9-5-3-6-10-20)25(16-22)33-18-21-11-7-4-8-12-21/h3-14,16,19,23H,15,17-18H2,1-2H3,(H,28,29)(H,30,31)/t23-/m1/s1. The predicted molar refractivity (Wildman–Crippen MR) is 126 cm³/mol. The van der Waals surface area contributed by atoms with Gasteiger partial charge in [-0.3, -0.25) is 4.79 Å². The SMILES string of the molecule is CC(C)C(=O)N[C@H](Cc1ccc(OCc2ccccc2)c(OCc2ccccc2)c1)C(=O)O. The summed E-state index contributed by atoms with van der Waals surface area (Å²) in [5.74, 6) is -0.598. The number of amides is 1. The first-order valence-corrected chi connectivity index (χ1v) is 10.9. The quantitative estimate of drug-likeness (QED) is 0.448. The average molecular weight is 448 g/mol. The summed E-state index contributed by atoms with van der Waals surface area (Å²) in [4.78, 5) is 23.7. The molecule has 33 heavy (non-hydrogen) atoms. The van der Waals surface area contributed by atoms with Crippen LogP contribution in [0.1, 0.15) is 30.5 Å². The zero-order valence-electron chi connectivity index (χ0n) is 18.9. The molecular formula is C27H29NO5. The third kappa shape index (κ3) is 7.38. The molecule has 0 saturated heterocycles. The van der Waals surface area contributed by atoms with E-state index in [-0.39, 0.29) is 18.2 Å². The molecule has 6 heteroatoms. The van der Waals surface area contributed by atoms with Crippen molar-refractivity contribution in [3.8, 4) is 11.5 Å². The van der Waals surface area contributed by atoms with Gasteiger partial charge in [-0.1, -0.05) is 80.6 Å². The summed E-state index contributed by atoms with van der Waals surface area (Å²) < 4.78 is 12.1. The number of benzene rings is 3. The Kier molecular flexibility index (Phi) is 8.47. The molecular weight excluding hydrogens is 418 g/mol. The minimum absolute atomic E-state index is 0.133. The van der Waals surface area contributed by atoms with Crippen molar-refractivity contribution >= 4 is 11.9 Å². The van der Waals surface area contributed by atoms with E-state index in [9.17, 15) is 14.7 Å². The Morgan fingerprint density at radius 1 is 0.788 bits per heavy atom. The molecule has 6 nitrogen and oxygen atoms in total. The number of hydrogen-bond donors (Lipinski definition) is 2. The summed E-state index contributed by atoms with van der Waals surface area (Å²) in [7, 11) is 0. The van der Waals surface area contributed by atoms with E-state index in [0.29, 0.717) is 24.7 Å². The summed E-state index contributed by atoms with van der Waals surface area (Å²) in [6, 6.07) is 23.9. The lowest BCUT2D eigenvalue weighted by atomic mass is 10.0. The molecule has 0 aliphatic heterocycles. The maximum atomic E-state index is 12.0. The van der Waals surface area contributed by atoms with Gasteiger partial charge in [-0.05, 0) is 28.8 Å². The first kappa shape index (κ1) is 23.9. The van der Waals surface area contributed by atoms with Crippen LogP contribution in [0.25, 0.3) is 0 Å². The molecule has 0 bridgehead atoms. The molecule has 0 saturated carbocycles. The number of nitrogens with one attached hydrogen (secondary N) is 1. The Labute approximate surface area is 194 Å². The van der Waals surface area contributed by atoms with Crippen LogP contribution in [0.4, 0.5) is 0 Å². The molecule has 0 aromatic heterocycles. The molecule has 0 unspecified atom stereocenters. The molecule has 0 aliphatic carbocycles. The van der Waals surface area contributed by atoms with Gasteiger partial charge in [0.2, 0.25) is 5.91 Å². The van der Waals surface area contributed by atoms with Crippen molar-refractivity contribution in [2.75, 3.05) is 0 Å². The highest BCUT2D eigenvalue weighted by Gasteiger charge is 2.22. The monoisotopic (exact) mass is 447 g/mol. The highest BCUT2D eigenvalue weighted by atomic mass is 16.5. The number of carboxylic acids is 1. The summed E-state index contributed by atoms with van der Waals surface area (Å²) in [6.45, 7) is 4.17. The Morgan fingerprint density at radius 3 is 1.85 bits per heavy atom. The van der Waals surface area contributed by atoms with Crippen LogP contribution in [0.5, 0.6) is 11.5 Å². The van der Waals surface area contributed by atoms with Crippen molar-refractivity contribution in [1.82, 2.24) is 5.32 Å². The molecule has 0 radical (unpaired) electrons. The van der Waals surface area contributed by atoms with Gasteiger partial charge in [-0.2, -0.15) is 0 Å². The van der Waals surface area contributed by atoms with E-state index in [2.05, 4.69) is 5.32 Å². The van der Waals surface area contributed by atoms with Gasteiger partial charge in [0.1, 0.15) is 19.3 Å². The molecule has 0 heterocycles. The maximum Gasteiger partial charge on any atom is 0.326 e. The fraction of sp³-hybridized carbons (Fsp3) is 0.259. The van der Waals surface area contributed by atoms with Crippen LogP contribution in [0.3, 0.4) is 0 Å². The Bertz CT molecular complexity index is 1050. The number of carbonyl (C=O) groups is 2. The van der Waals surface area contributed by atoms with Gasteiger partial charge in [0.15, 0.2) is 11.5 Å². The summed E-state index contributed by atoms with van der Waals surface area (Å²) in [6.07, 6.45) is 0.133. The van der Waals surface area contributed by atoms with E-state index < -0.39 is 12.0 Å². The van der Waals surface area contributed by atoms with Gasteiger partial charge in [0.25, 0.3) is 0 Å². The molecule has 0 spiro atoms. The first-order chi connectivity index (χ1) is 15.9. The van der Waals surface area contributed by atoms with Crippen LogP contribution in [-0.4, -0.2) is 23.0 Å². The van der Waals surface area contributed by atoms with Crippen LogP contribution in [-0.2, 0) is 29.2 Å². The van der Waals surface area contributed by atoms with E-state index in [1.165, 1.54) is 0 Å². The van der Waals surface area contributed by atoms with Crippen molar-refractivity contribution < 1.29 is 24.2 Å². The van der Waals surface area contributed by atoms with E-state index >= 15 is 0 Å². The number of carboxylic acid groups (broad SMARTS) is 1. The molecule has 2 N–H and O–H groups in total. The van der Waals surface area contributed by atoms with Gasteiger partial charge in [0.05, 0.1) is 0 Å². The summed E-state index contributed by atoms with van der Waals surface area (Å²) in [5.41, 5.74) is 2.75. The third-order valence-corrected chi connectivity index (χ3v) is 5.06. The fourth-order valence-electron chi connectivity index (χ4n) is 3.16. The normalized spacial score (nSPS) is 11.6. The summed E-state index contributed by atoms with van der Waals surface area (Å²) in [5, 5.41) is 12.2. The number of ether oxygens (including phenoxy) is 2. The molecule has 1 atom stereocenters. The largest absolute Gasteiger partial charge is 0.485 e. The third-order valence-electron chi connectivity index (χ3n) is 5.06. The highest BCUT2D eigenvalue weighted by molar-refractivity contribution is 5.84. The van der Waals surface area contributed by atoms with Crippen LogP contribution >= 0.6 is 0 Å². The van der Waals surface area contributed by atoms with Crippen molar-refractivity contribution in [1.29, 1.82) is 0 Å². The predicted octanol–water partition coefficient (Wildman–Crippen LogP) is 4.61. The van der Waals surface area contributed by atoms with Crippen LogP contribution in [0, 0.1) is 5.92 Å². The zero-order chi connectivity index (χ0) is 23.6. The minimum Gasteiger partial charge on any atom is -0.485 e. The zero-order valence-corrected chi connectivity index (χ0v) is 18.9. The van der Waals surface area contributed by atoms with E-state index in [4.69, 9.17) is 9.47 Å². The molecule has 3 rings (SSSR count). The van der Waals surface area contributed by atoms with Crippen molar-refractivity contribution in [3.63, 3.8) is 0 Å². The van der Waals surface area contributed by atoms with E-state index in [1.807, 2.05) is 60.7 Å². The number of rotatable bonds is 11. The lowest BCUT2D eigenvalue weighted by molar-refractivity contribution is -0.142. The lowest BCUT2D eigenvalue weighted by Gasteiger charge is -2.18. The van der Waals surface area contributed by atoms with Gasteiger partial charge in [-0.15, -0.1) is 0 Å². The lowest BCUT2D eigenvalue weighted by Crippen LogP contribution is -2.44. The number of hydrogen-bond acceptors (Lipinski definition) is 4. The van der Waals surface area contributed by atoms with Crippen LogP contribution in [0.15, 0.2) is 78.9 Å². The Balaban J connectivity index is 1.79. The summed E-state index contributed by atoms with van der Waals surface area (Å²) >= 11 is 0.